The molecule has 2 unspecified atom stereocenters. The fourth-order valence-corrected chi connectivity index (χ4v) is 4.17. The Morgan fingerprint density at radius 3 is 2.78 bits per heavy atom. The zero-order valence-corrected chi connectivity index (χ0v) is 11.6. The SMILES string of the molecule is CCOC(=O)C1C2=C(CCCC2)SC1NC(C)=O. The largest absolute Gasteiger partial charge is 0.465 e. The summed E-state index contributed by atoms with van der Waals surface area (Å²) in [7, 11) is 0. The molecule has 1 aliphatic carbocycles. The highest BCUT2D eigenvalue weighted by Gasteiger charge is 2.42. The first-order valence-electron chi connectivity index (χ1n) is 6.45. The second-order valence-corrected chi connectivity index (χ2v) is 5.86. The van der Waals surface area contributed by atoms with Gasteiger partial charge in [-0.25, -0.2) is 0 Å². The van der Waals surface area contributed by atoms with Crippen LogP contribution in [0.25, 0.3) is 0 Å². The van der Waals surface area contributed by atoms with Crippen molar-refractivity contribution in [2.24, 2.45) is 5.92 Å². The van der Waals surface area contributed by atoms with Gasteiger partial charge in [-0.3, -0.25) is 9.59 Å². The number of thioether (sulfide) groups is 1. The summed E-state index contributed by atoms with van der Waals surface area (Å²) in [5.41, 5.74) is 1.20. The molecule has 18 heavy (non-hydrogen) atoms. The standard InChI is InChI=1S/C13H19NO3S/c1-3-17-13(16)11-9-6-4-5-7-10(9)18-12(11)14-8(2)15/h11-12H,3-7H2,1-2H3,(H,14,15). The lowest BCUT2D eigenvalue weighted by atomic mass is 9.89. The molecule has 0 bridgehead atoms. The zero-order chi connectivity index (χ0) is 13.1. The van der Waals surface area contributed by atoms with E-state index in [1.54, 1.807) is 11.8 Å². The molecule has 0 radical (unpaired) electrons. The van der Waals surface area contributed by atoms with E-state index in [-0.39, 0.29) is 23.2 Å². The van der Waals surface area contributed by atoms with Crippen LogP contribution >= 0.6 is 11.8 Å². The van der Waals surface area contributed by atoms with Gasteiger partial charge in [0.15, 0.2) is 0 Å². The number of ether oxygens (including phenoxy) is 1. The van der Waals surface area contributed by atoms with Crippen LogP contribution in [-0.4, -0.2) is 23.9 Å². The molecule has 100 valence electrons. The Morgan fingerprint density at radius 1 is 1.39 bits per heavy atom. The van der Waals surface area contributed by atoms with Gasteiger partial charge in [0.05, 0.1) is 12.0 Å². The Morgan fingerprint density at radius 2 is 2.11 bits per heavy atom. The Kier molecular flexibility index (Phi) is 4.32. The average Bonchev–Trinajstić information content (AvgIpc) is 2.66. The van der Waals surface area contributed by atoms with E-state index in [4.69, 9.17) is 4.74 Å². The highest BCUT2D eigenvalue weighted by Crippen LogP contribution is 2.48. The molecule has 0 aromatic rings. The number of amides is 1. The Balaban J connectivity index is 2.18. The van der Waals surface area contributed by atoms with Crippen LogP contribution in [0.2, 0.25) is 0 Å². The number of hydrogen-bond donors (Lipinski definition) is 1. The molecule has 0 aromatic heterocycles. The molecule has 2 atom stereocenters. The van der Waals surface area contributed by atoms with Crippen molar-refractivity contribution in [3.8, 4) is 0 Å². The maximum Gasteiger partial charge on any atom is 0.316 e. The smallest absolute Gasteiger partial charge is 0.316 e. The summed E-state index contributed by atoms with van der Waals surface area (Å²) in [6.45, 7) is 3.68. The summed E-state index contributed by atoms with van der Waals surface area (Å²) in [4.78, 5) is 24.6. The summed E-state index contributed by atoms with van der Waals surface area (Å²) in [6.07, 6.45) is 4.30. The lowest BCUT2D eigenvalue weighted by Crippen LogP contribution is -2.39. The van der Waals surface area contributed by atoms with Gasteiger partial charge in [-0.05, 0) is 43.1 Å². The van der Waals surface area contributed by atoms with Gasteiger partial charge >= 0.3 is 5.97 Å². The molecule has 5 heteroatoms. The average molecular weight is 269 g/mol. The topological polar surface area (TPSA) is 55.4 Å². The lowest BCUT2D eigenvalue weighted by Gasteiger charge is -2.21. The number of hydrogen-bond acceptors (Lipinski definition) is 4. The van der Waals surface area contributed by atoms with Gasteiger partial charge in [0.1, 0.15) is 5.92 Å². The van der Waals surface area contributed by atoms with Crippen LogP contribution < -0.4 is 5.32 Å². The van der Waals surface area contributed by atoms with Crippen molar-refractivity contribution in [2.45, 2.75) is 44.9 Å². The van der Waals surface area contributed by atoms with Crippen molar-refractivity contribution < 1.29 is 14.3 Å². The highest BCUT2D eigenvalue weighted by molar-refractivity contribution is 8.04. The molecule has 1 amide bonds. The van der Waals surface area contributed by atoms with Crippen LogP contribution in [0.4, 0.5) is 0 Å². The first kappa shape index (κ1) is 13.5. The number of allylic oxidation sites excluding steroid dienone is 1. The van der Waals surface area contributed by atoms with Gasteiger partial charge in [-0.1, -0.05) is 0 Å². The third-order valence-corrected chi connectivity index (χ3v) is 4.69. The van der Waals surface area contributed by atoms with Gasteiger partial charge < -0.3 is 10.1 Å². The Hall–Kier alpha value is -0.970. The minimum absolute atomic E-state index is 0.0957. The summed E-state index contributed by atoms with van der Waals surface area (Å²) in [5, 5.41) is 2.69. The molecule has 4 nitrogen and oxygen atoms in total. The van der Waals surface area contributed by atoms with Gasteiger partial charge in [-0.15, -0.1) is 11.8 Å². The molecule has 1 N–H and O–H groups in total. The second-order valence-electron chi connectivity index (χ2n) is 4.62. The number of nitrogens with one attached hydrogen (secondary N) is 1. The van der Waals surface area contributed by atoms with Crippen LogP contribution in [-0.2, 0) is 14.3 Å². The van der Waals surface area contributed by atoms with Gasteiger partial charge in [-0.2, -0.15) is 0 Å². The molecule has 0 fully saturated rings. The van der Waals surface area contributed by atoms with E-state index in [1.165, 1.54) is 23.8 Å². The van der Waals surface area contributed by atoms with E-state index in [0.29, 0.717) is 6.61 Å². The predicted molar refractivity (Wildman–Crippen MR) is 70.8 cm³/mol. The molecule has 0 aromatic carbocycles. The highest BCUT2D eigenvalue weighted by atomic mass is 32.2. The van der Waals surface area contributed by atoms with E-state index in [0.717, 1.165) is 19.3 Å². The van der Waals surface area contributed by atoms with Crippen molar-refractivity contribution in [3.63, 3.8) is 0 Å². The Bertz CT molecular complexity index is 392. The van der Waals surface area contributed by atoms with Crippen molar-refractivity contribution in [2.75, 3.05) is 6.61 Å². The number of carbonyl (C=O) groups excluding carboxylic acids is 2. The van der Waals surface area contributed by atoms with Crippen molar-refractivity contribution >= 4 is 23.6 Å². The maximum absolute atomic E-state index is 12.1. The zero-order valence-electron chi connectivity index (χ0n) is 10.8. The summed E-state index contributed by atoms with van der Waals surface area (Å²) < 4.78 is 5.15. The van der Waals surface area contributed by atoms with Gasteiger partial charge in [0, 0.05) is 6.92 Å². The Labute approximate surface area is 112 Å². The van der Waals surface area contributed by atoms with E-state index in [1.807, 2.05) is 6.92 Å². The summed E-state index contributed by atoms with van der Waals surface area (Å²) in [5.74, 6) is -0.577. The monoisotopic (exact) mass is 269 g/mol. The van der Waals surface area contributed by atoms with Gasteiger partial charge in [0.2, 0.25) is 5.91 Å². The van der Waals surface area contributed by atoms with Crippen LogP contribution in [0.1, 0.15) is 39.5 Å². The lowest BCUT2D eigenvalue weighted by molar-refractivity contribution is -0.146. The number of carbonyl (C=O) groups is 2. The fraction of sp³-hybridized carbons (Fsp3) is 0.692. The van der Waals surface area contributed by atoms with Gasteiger partial charge in [0.25, 0.3) is 0 Å². The maximum atomic E-state index is 12.1. The quantitative estimate of drug-likeness (QED) is 0.798. The summed E-state index contributed by atoms with van der Waals surface area (Å²) in [6, 6.07) is 0. The number of rotatable bonds is 3. The molecule has 0 spiro atoms. The molecule has 1 heterocycles. The van der Waals surface area contributed by atoms with Crippen LogP contribution in [0.5, 0.6) is 0 Å². The van der Waals surface area contributed by atoms with E-state index < -0.39 is 0 Å². The van der Waals surface area contributed by atoms with Crippen molar-refractivity contribution in [3.05, 3.63) is 10.5 Å². The third kappa shape index (κ3) is 2.71. The molecule has 0 saturated heterocycles. The van der Waals surface area contributed by atoms with E-state index in [2.05, 4.69) is 5.32 Å². The molecular formula is C13H19NO3S. The molecular weight excluding hydrogens is 250 g/mol. The second kappa shape index (κ2) is 5.78. The number of esters is 1. The fourth-order valence-electron chi connectivity index (χ4n) is 2.58. The molecule has 0 saturated carbocycles. The normalized spacial score (nSPS) is 26.8. The van der Waals surface area contributed by atoms with Crippen LogP contribution in [0.15, 0.2) is 10.5 Å². The third-order valence-electron chi connectivity index (χ3n) is 3.29. The minimum atomic E-state index is -0.283. The molecule has 1 aliphatic heterocycles. The van der Waals surface area contributed by atoms with Crippen molar-refractivity contribution in [1.82, 2.24) is 5.32 Å². The first-order chi connectivity index (χ1) is 8.63. The predicted octanol–water partition coefficient (Wildman–Crippen LogP) is 2.20. The van der Waals surface area contributed by atoms with E-state index >= 15 is 0 Å². The summed E-state index contributed by atoms with van der Waals surface area (Å²) >= 11 is 1.63. The van der Waals surface area contributed by atoms with E-state index in [9.17, 15) is 9.59 Å². The molecule has 2 rings (SSSR count). The van der Waals surface area contributed by atoms with Crippen LogP contribution in [0, 0.1) is 5.92 Å². The van der Waals surface area contributed by atoms with Crippen LogP contribution in [0.3, 0.4) is 0 Å². The van der Waals surface area contributed by atoms with Crippen molar-refractivity contribution in [1.29, 1.82) is 0 Å². The first-order valence-corrected chi connectivity index (χ1v) is 7.33. The molecule has 2 aliphatic rings. The minimum Gasteiger partial charge on any atom is -0.465 e.